The van der Waals surface area contributed by atoms with E-state index in [9.17, 15) is 19.2 Å². The van der Waals surface area contributed by atoms with E-state index in [1.165, 1.54) is 11.2 Å². The highest BCUT2D eigenvalue weighted by Crippen LogP contribution is 2.22. The number of nitrogens with one attached hydrogen (secondary N) is 1. The SMILES string of the molecule is O=C(CN(Cc1ccco1)C(=O)CCCN1C(=O)c2ccccc2C1=O)Nc1ccccc1. The maximum atomic E-state index is 12.9. The van der Waals surface area contributed by atoms with Crippen LogP contribution in [0.15, 0.2) is 77.4 Å². The van der Waals surface area contributed by atoms with E-state index < -0.39 is 0 Å². The fraction of sp³-hybridized carbons (Fsp3) is 0.200. The smallest absolute Gasteiger partial charge is 0.261 e. The molecule has 33 heavy (non-hydrogen) atoms. The maximum absolute atomic E-state index is 12.9. The van der Waals surface area contributed by atoms with Gasteiger partial charge in [0.1, 0.15) is 12.3 Å². The second-order valence-electron chi connectivity index (χ2n) is 7.65. The Morgan fingerprint density at radius 3 is 2.18 bits per heavy atom. The molecule has 1 aromatic heterocycles. The summed E-state index contributed by atoms with van der Waals surface area (Å²) in [7, 11) is 0. The van der Waals surface area contributed by atoms with E-state index in [1.807, 2.05) is 6.07 Å². The van der Waals surface area contributed by atoms with E-state index >= 15 is 0 Å². The van der Waals surface area contributed by atoms with Gasteiger partial charge in [-0.15, -0.1) is 0 Å². The normalized spacial score (nSPS) is 12.5. The lowest BCUT2D eigenvalue weighted by Gasteiger charge is -2.22. The summed E-state index contributed by atoms with van der Waals surface area (Å²) in [6.07, 6.45) is 1.87. The first-order valence-electron chi connectivity index (χ1n) is 10.6. The predicted molar refractivity (Wildman–Crippen MR) is 120 cm³/mol. The average molecular weight is 445 g/mol. The number of nitrogens with zero attached hydrogens (tertiary/aromatic N) is 2. The topological polar surface area (TPSA) is 99.9 Å². The van der Waals surface area contributed by atoms with Crippen molar-refractivity contribution < 1.29 is 23.6 Å². The van der Waals surface area contributed by atoms with Gasteiger partial charge in [0, 0.05) is 18.7 Å². The number of hydrogen-bond donors (Lipinski definition) is 1. The van der Waals surface area contributed by atoms with Crippen molar-refractivity contribution in [1.82, 2.24) is 9.80 Å². The molecule has 0 saturated carbocycles. The summed E-state index contributed by atoms with van der Waals surface area (Å²) in [6, 6.07) is 19.1. The first-order chi connectivity index (χ1) is 16.0. The molecule has 0 fully saturated rings. The lowest BCUT2D eigenvalue weighted by molar-refractivity contribution is -0.135. The molecular formula is C25H23N3O5. The number of anilines is 1. The average Bonchev–Trinajstić information content (AvgIpc) is 3.42. The van der Waals surface area contributed by atoms with E-state index in [1.54, 1.807) is 60.7 Å². The van der Waals surface area contributed by atoms with Crippen LogP contribution in [0, 0.1) is 0 Å². The molecule has 0 atom stereocenters. The molecule has 1 aliphatic heterocycles. The number of imide groups is 1. The van der Waals surface area contributed by atoms with Crippen LogP contribution in [0.2, 0.25) is 0 Å². The number of carbonyl (C=O) groups excluding carboxylic acids is 4. The zero-order valence-corrected chi connectivity index (χ0v) is 17.9. The van der Waals surface area contributed by atoms with Gasteiger partial charge in [0.2, 0.25) is 11.8 Å². The van der Waals surface area contributed by atoms with Gasteiger partial charge in [-0.2, -0.15) is 0 Å². The lowest BCUT2D eigenvalue weighted by Crippen LogP contribution is -2.38. The molecule has 3 aromatic rings. The molecule has 0 radical (unpaired) electrons. The molecule has 1 N–H and O–H groups in total. The molecule has 168 valence electrons. The third-order valence-corrected chi connectivity index (χ3v) is 5.32. The Morgan fingerprint density at radius 1 is 0.879 bits per heavy atom. The fourth-order valence-electron chi connectivity index (χ4n) is 3.71. The van der Waals surface area contributed by atoms with Crippen LogP contribution in [0.3, 0.4) is 0 Å². The molecule has 4 amide bonds. The minimum absolute atomic E-state index is 0.0761. The van der Waals surface area contributed by atoms with Gasteiger partial charge in [-0.3, -0.25) is 24.1 Å². The van der Waals surface area contributed by atoms with Gasteiger partial charge in [0.05, 0.1) is 23.9 Å². The van der Waals surface area contributed by atoms with Crippen LogP contribution in [-0.4, -0.2) is 46.5 Å². The number of fused-ring (bicyclic) bond motifs is 1. The van der Waals surface area contributed by atoms with Crippen LogP contribution in [0.4, 0.5) is 5.69 Å². The van der Waals surface area contributed by atoms with Crippen LogP contribution in [0.5, 0.6) is 0 Å². The van der Waals surface area contributed by atoms with Crippen molar-refractivity contribution in [3.63, 3.8) is 0 Å². The van der Waals surface area contributed by atoms with E-state index in [0.717, 1.165) is 4.90 Å². The Hall–Kier alpha value is -4.20. The Bertz CT molecular complexity index is 1120. The third kappa shape index (κ3) is 5.17. The van der Waals surface area contributed by atoms with Gasteiger partial charge in [0.15, 0.2) is 0 Å². The van der Waals surface area contributed by atoms with Crippen molar-refractivity contribution in [2.45, 2.75) is 19.4 Å². The minimum atomic E-state index is -0.349. The summed E-state index contributed by atoms with van der Waals surface area (Å²) in [5.74, 6) is -0.751. The van der Waals surface area contributed by atoms with Crippen molar-refractivity contribution in [3.8, 4) is 0 Å². The highest BCUT2D eigenvalue weighted by molar-refractivity contribution is 6.21. The second-order valence-corrected chi connectivity index (χ2v) is 7.65. The number of hydrogen-bond acceptors (Lipinski definition) is 5. The number of furan rings is 1. The van der Waals surface area contributed by atoms with Crippen LogP contribution >= 0.6 is 0 Å². The largest absolute Gasteiger partial charge is 0.467 e. The maximum Gasteiger partial charge on any atom is 0.261 e. The van der Waals surface area contributed by atoms with Gasteiger partial charge in [-0.25, -0.2) is 0 Å². The number of para-hydroxylation sites is 1. The summed E-state index contributed by atoms with van der Waals surface area (Å²) in [5.41, 5.74) is 1.40. The van der Waals surface area contributed by atoms with E-state index in [4.69, 9.17) is 4.42 Å². The highest BCUT2D eigenvalue weighted by Gasteiger charge is 2.34. The molecule has 8 heteroatoms. The zero-order valence-electron chi connectivity index (χ0n) is 17.9. The van der Waals surface area contributed by atoms with Gasteiger partial charge in [0.25, 0.3) is 11.8 Å². The molecule has 8 nitrogen and oxygen atoms in total. The third-order valence-electron chi connectivity index (χ3n) is 5.32. The Labute approximate surface area is 190 Å². The number of amides is 4. The molecule has 0 spiro atoms. The number of carbonyl (C=O) groups is 4. The summed E-state index contributed by atoms with van der Waals surface area (Å²) >= 11 is 0. The molecule has 0 aliphatic carbocycles. The molecule has 0 saturated heterocycles. The standard InChI is InChI=1S/C25H23N3O5/c29-22(26-18-8-2-1-3-9-18)17-27(16-19-10-7-15-33-19)23(30)13-6-14-28-24(31)20-11-4-5-12-21(20)25(28)32/h1-5,7-12,15H,6,13-14,16-17H2,(H,26,29). The van der Waals surface area contributed by atoms with Crippen molar-refractivity contribution >= 4 is 29.3 Å². The van der Waals surface area contributed by atoms with Crippen LogP contribution in [0.25, 0.3) is 0 Å². The van der Waals surface area contributed by atoms with E-state index in [-0.39, 0.29) is 49.7 Å². The van der Waals surface area contributed by atoms with Crippen LogP contribution in [-0.2, 0) is 16.1 Å². The molecule has 4 rings (SSSR count). The molecule has 2 aromatic carbocycles. The molecular weight excluding hydrogens is 422 g/mol. The van der Waals surface area contributed by atoms with Gasteiger partial charge < -0.3 is 14.6 Å². The fourth-order valence-corrected chi connectivity index (χ4v) is 3.71. The summed E-state index contributed by atoms with van der Waals surface area (Å²) in [5, 5.41) is 2.77. The zero-order chi connectivity index (χ0) is 23.2. The Balaban J connectivity index is 1.35. The first-order valence-corrected chi connectivity index (χ1v) is 10.6. The van der Waals surface area contributed by atoms with Gasteiger partial charge in [-0.05, 0) is 42.8 Å². The van der Waals surface area contributed by atoms with Crippen molar-refractivity contribution in [2.75, 3.05) is 18.4 Å². The number of benzene rings is 2. The second kappa shape index (κ2) is 9.95. The Kier molecular flexibility index (Phi) is 6.64. The summed E-state index contributed by atoms with van der Waals surface area (Å²) < 4.78 is 5.34. The highest BCUT2D eigenvalue weighted by atomic mass is 16.3. The van der Waals surface area contributed by atoms with E-state index in [2.05, 4.69) is 5.32 Å². The van der Waals surface area contributed by atoms with Crippen molar-refractivity contribution in [1.29, 1.82) is 0 Å². The van der Waals surface area contributed by atoms with Crippen molar-refractivity contribution in [2.24, 2.45) is 0 Å². The monoisotopic (exact) mass is 445 g/mol. The molecule has 0 bridgehead atoms. The quantitative estimate of drug-likeness (QED) is 0.510. The van der Waals surface area contributed by atoms with Crippen LogP contribution < -0.4 is 5.32 Å². The first kappa shape index (κ1) is 22.0. The van der Waals surface area contributed by atoms with Gasteiger partial charge >= 0.3 is 0 Å². The van der Waals surface area contributed by atoms with Crippen molar-refractivity contribution in [3.05, 3.63) is 89.9 Å². The predicted octanol–water partition coefficient (Wildman–Crippen LogP) is 3.32. The van der Waals surface area contributed by atoms with E-state index in [0.29, 0.717) is 29.0 Å². The number of rotatable bonds is 9. The Morgan fingerprint density at radius 2 is 1.55 bits per heavy atom. The molecule has 0 unspecified atom stereocenters. The molecule has 2 heterocycles. The summed E-state index contributed by atoms with van der Waals surface area (Å²) in [4.78, 5) is 53.0. The van der Waals surface area contributed by atoms with Gasteiger partial charge in [-0.1, -0.05) is 30.3 Å². The minimum Gasteiger partial charge on any atom is -0.467 e. The van der Waals surface area contributed by atoms with Crippen LogP contribution in [0.1, 0.15) is 39.3 Å². The summed E-state index contributed by atoms with van der Waals surface area (Å²) in [6.45, 7) is 0.116. The lowest BCUT2D eigenvalue weighted by atomic mass is 10.1. The molecule has 1 aliphatic rings.